The van der Waals surface area contributed by atoms with Crippen molar-refractivity contribution in [3.05, 3.63) is 30.3 Å². The highest BCUT2D eigenvalue weighted by Gasteiger charge is 2.21. The molecule has 1 heterocycles. The monoisotopic (exact) mass is 206 g/mol. The molecule has 4 heteroatoms. The number of benzene rings is 1. The van der Waals surface area contributed by atoms with Crippen LogP contribution in [0.15, 0.2) is 30.3 Å². The Morgan fingerprint density at radius 2 is 2.20 bits per heavy atom. The number of carbonyl (C=O) groups excluding carboxylic acids is 1. The minimum absolute atomic E-state index is 0.0894. The van der Waals surface area contributed by atoms with Crippen molar-refractivity contribution in [3.8, 4) is 0 Å². The SMILES string of the molecule is O=C(Nc1ccccc1)[C@H]1CNCCO1. The van der Waals surface area contributed by atoms with Crippen molar-refractivity contribution < 1.29 is 9.53 Å². The van der Waals surface area contributed by atoms with E-state index in [4.69, 9.17) is 4.74 Å². The van der Waals surface area contributed by atoms with Crippen LogP contribution < -0.4 is 10.6 Å². The van der Waals surface area contributed by atoms with Crippen LogP contribution in [0.25, 0.3) is 0 Å². The van der Waals surface area contributed by atoms with Gasteiger partial charge in [-0.15, -0.1) is 0 Å². The number of rotatable bonds is 2. The van der Waals surface area contributed by atoms with E-state index in [9.17, 15) is 4.79 Å². The molecule has 0 aromatic heterocycles. The molecule has 0 bridgehead atoms. The number of ether oxygens (including phenoxy) is 1. The van der Waals surface area contributed by atoms with Crippen LogP contribution in [0.5, 0.6) is 0 Å². The number of morpholine rings is 1. The van der Waals surface area contributed by atoms with Crippen LogP contribution in [0.2, 0.25) is 0 Å². The van der Waals surface area contributed by atoms with Crippen molar-refractivity contribution in [1.82, 2.24) is 5.32 Å². The lowest BCUT2D eigenvalue weighted by molar-refractivity contribution is -0.128. The largest absolute Gasteiger partial charge is 0.366 e. The maximum atomic E-state index is 11.7. The lowest BCUT2D eigenvalue weighted by Crippen LogP contribution is -2.45. The Morgan fingerprint density at radius 1 is 1.40 bits per heavy atom. The Hall–Kier alpha value is -1.39. The fourth-order valence-corrected chi connectivity index (χ4v) is 1.48. The van der Waals surface area contributed by atoms with Crippen LogP contribution in [0.1, 0.15) is 0 Å². The zero-order valence-corrected chi connectivity index (χ0v) is 8.40. The van der Waals surface area contributed by atoms with Gasteiger partial charge in [-0.05, 0) is 12.1 Å². The molecule has 80 valence electrons. The molecule has 2 rings (SSSR count). The number of amides is 1. The molecule has 1 aromatic carbocycles. The minimum atomic E-state index is -0.376. The Labute approximate surface area is 88.6 Å². The first-order chi connectivity index (χ1) is 7.36. The van der Waals surface area contributed by atoms with Crippen molar-refractivity contribution in [2.75, 3.05) is 25.0 Å². The summed E-state index contributed by atoms with van der Waals surface area (Å²) in [5.41, 5.74) is 0.802. The zero-order valence-electron chi connectivity index (χ0n) is 8.40. The molecule has 1 aromatic rings. The van der Waals surface area contributed by atoms with Crippen LogP contribution in [0, 0.1) is 0 Å². The van der Waals surface area contributed by atoms with Gasteiger partial charge in [0.05, 0.1) is 6.61 Å². The Balaban J connectivity index is 1.91. The van der Waals surface area contributed by atoms with Crippen LogP contribution in [-0.2, 0) is 9.53 Å². The van der Waals surface area contributed by atoms with Gasteiger partial charge in [0.1, 0.15) is 6.10 Å². The molecule has 1 aliphatic rings. The number of hydrogen-bond acceptors (Lipinski definition) is 3. The Kier molecular flexibility index (Phi) is 3.32. The first kappa shape index (κ1) is 10.1. The highest BCUT2D eigenvalue weighted by molar-refractivity contribution is 5.94. The molecule has 1 fully saturated rings. The van der Waals surface area contributed by atoms with Gasteiger partial charge in [0.25, 0.3) is 5.91 Å². The molecular weight excluding hydrogens is 192 g/mol. The molecule has 4 nitrogen and oxygen atoms in total. The molecule has 0 unspecified atom stereocenters. The predicted molar refractivity (Wildman–Crippen MR) is 57.7 cm³/mol. The number of carbonyl (C=O) groups is 1. The molecule has 1 amide bonds. The summed E-state index contributed by atoms with van der Waals surface area (Å²) in [6.07, 6.45) is -0.376. The van der Waals surface area contributed by atoms with E-state index in [0.717, 1.165) is 12.2 Å². The van der Waals surface area contributed by atoms with E-state index in [1.54, 1.807) is 0 Å². The summed E-state index contributed by atoms with van der Waals surface area (Å²) in [4.78, 5) is 11.7. The standard InChI is InChI=1S/C11H14N2O2/c14-11(10-8-12-6-7-15-10)13-9-4-2-1-3-5-9/h1-5,10,12H,6-8H2,(H,13,14)/t10-/m1/s1. The van der Waals surface area contributed by atoms with Crippen LogP contribution >= 0.6 is 0 Å². The average molecular weight is 206 g/mol. The summed E-state index contributed by atoms with van der Waals surface area (Å²) >= 11 is 0. The fraction of sp³-hybridized carbons (Fsp3) is 0.364. The highest BCUT2D eigenvalue weighted by atomic mass is 16.5. The van der Waals surface area contributed by atoms with Crippen molar-refractivity contribution in [3.63, 3.8) is 0 Å². The van der Waals surface area contributed by atoms with Crippen molar-refractivity contribution >= 4 is 11.6 Å². The van der Waals surface area contributed by atoms with Gasteiger partial charge in [-0.3, -0.25) is 4.79 Å². The second-order valence-electron chi connectivity index (χ2n) is 3.42. The molecule has 1 saturated heterocycles. The minimum Gasteiger partial charge on any atom is -0.366 e. The molecule has 0 radical (unpaired) electrons. The number of anilines is 1. The van der Waals surface area contributed by atoms with E-state index in [1.165, 1.54) is 0 Å². The first-order valence-electron chi connectivity index (χ1n) is 5.04. The third-order valence-corrected chi connectivity index (χ3v) is 2.26. The zero-order chi connectivity index (χ0) is 10.5. The molecule has 0 aliphatic carbocycles. The van der Waals surface area contributed by atoms with Gasteiger partial charge < -0.3 is 15.4 Å². The third kappa shape index (κ3) is 2.78. The van der Waals surface area contributed by atoms with E-state index >= 15 is 0 Å². The van der Waals surface area contributed by atoms with Crippen molar-refractivity contribution in [2.45, 2.75) is 6.10 Å². The molecule has 1 atom stereocenters. The third-order valence-electron chi connectivity index (χ3n) is 2.26. The van der Waals surface area contributed by atoms with E-state index in [1.807, 2.05) is 30.3 Å². The second kappa shape index (κ2) is 4.91. The van der Waals surface area contributed by atoms with E-state index in [-0.39, 0.29) is 12.0 Å². The summed E-state index contributed by atoms with van der Waals surface area (Å²) in [5.74, 6) is -0.0894. The van der Waals surface area contributed by atoms with Crippen LogP contribution in [0.4, 0.5) is 5.69 Å². The summed E-state index contributed by atoms with van der Waals surface area (Å²) in [6.45, 7) is 1.99. The molecule has 1 aliphatic heterocycles. The van der Waals surface area contributed by atoms with E-state index < -0.39 is 0 Å². The van der Waals surface area contributed by atoms with Gasteiger partial charge in [-0.2, -0.15) is 0 Å². The lowest BCUT2D eigenvalue weighted by Gasteiger charge is -2.22. The topological polar surface area (TPSA) is 50.4 Å². The summed E-state index contributed by atoms with van der Waals surface area (Å²) < 4.78 is 5.34. The summed E-state index contributed by atoms with van der Waals surface area (Å²) in [6, 6.07) is 9.39. The van der Waals surface area contributed by atoms with Gasteiger partial charge in [0, 0.05) is 18.8 Å². The van der Waals surface area contributed by atoms with Crippen molar-refractivity contribution in [2.24, 2.45) is 0 Å². The van der Waals surface area contributed by atoms with Crippen molar-refractivity contribution in [1.29, 1.82) is 0 Å². The first-order valence-corrected chi connectivity index (χ1v) is 5.04. The number of nitrogens with one attached hydrogen (secondary N) is 2. The fourth-order valence-electron chi connectivity index (χ4n) is 1.48. The molecule has 15 heavy (non-hydrogen) atoms. The van der Waals surface area contributed by atoms with Gasteiger partial charge in [-0.1, -0.05) is 18.2 Å². The van der Waals surface area contributed by atoms with E-state index in [2.05, 4.69) is 10.6 Å². The van der Waals surface area contributed by atoms with Gasteiger partial charge in [0.2, 0.25) is 0 Å². The van der Waals surface area contributed by atoms with Gasteiger partial charge >= 0.3 is 0 Å². The number of hydrogen-bond donors (Lipinski definition) is 2. The second-order valence-corrected chi connectivity index (χ2v) is 3.42. The molecule has 0 saturated carbocycles. The molecule has 0 spiro atoms. The predicted octanol–water partition coefficient (Wildman–Crippen LogP) is 0.613. The highest BCUT2D eigenvalue weighted by Crippen LogP contribution is 2.07. The van der Waals surface area contributed by atoms with E-state index in [0.29, 0.717) is 13.2 Å². The Bertz CT molecular complexity index is 321. The quantitative estimate of drug-likeness (QED) is 0.745. The maximum absolute atomic E-state index is 11.7. The van der Waals surface area contributed by atoms with Crippen LogP contribution in [0.3, 0.4) is 0 Å². The molecule has 2 N–H and O–H groups in total. The van der Waals surface area contributed by atoms with Gasteiger partial charge in [0.15, 0.2) is 0 Å². The maximum Gasteiger partial charge on any atom is 0.254 e. The average Bonchev–Trinajstić information content (AvgIpc) is 2.31. The summed E-state index contributed by atoms with van der Waals surface area (Å²) in [7, 11) is 0. The normalized spacial score (nSPS) is 20.9. The molecular formula is C11H14N2O2. The smallest absolute Gasteiger partial charge is 0.254 e. The van der Waals surface area contributed by atoms with Gasteiger partial charge in [-0.25, -0.2) is 0 Å². The number of para-hydroxylation sites is 1. The summed E-state index contributed by atoms with van der Waals surface area (Å²) in [5, 5.41) is 5.92. The van der Waals surface area contributed by atoms with Crippen LogP contribution in [-0.4, -0.2) is 31.7 Å². The lowest BCUT2D eigenvalue weighted by atomic mass is 10.2. The Morgan fingerprint density at radius 3 is 2.87 bits per heavy atom.